The van der Waals surface area contributed by atoms with Gasteiger partial charge < -0.3 is 14.6 Å². The van der Waals surface area contributed by atoms with Crippen molar-refractivity contribution in [2.45, 2.75) is 17.5 Å². The Kier molecular flexibility index (Phi) is 4.97. The second-order valence-electron chi connectivity index (χ2n) is 9.80. The molecule has 0 radical (unpaired) electrons. The number of rotatable bonds is 4. The van der Waals surface area contributed by atoms with Crippen LogP contribution in [-0.2, 0) is 10.2 Å². The highest BCUT2D eigenvalue weighted by Gasteiger charge is 2.71. The third-order valence-corrected chi connectivity index (χ3v) is 8.27. The van der Waals surface area contributed by atoms with Crippen molar-refractivity contribution in [1.82, 2.24) is 4.90 Å². The smallest absolute Gasteiger partial charge is 0.238 e. The lowest BCUT2D eigenvalue weighted by molar-refractivity contribution is -0.122. The molecule has 4 heterocycles. The Morgan fingerprint density at radius 2 is 1.66 bits per heavy atom. The highest BCUT2D eigenvalue weighted by atomic mass is 35.5. The van der Waals surface area contributed by atoms with E-state index in [1.54, 1.807) is 36.4 Å². The molecular formula is C31H21ClN2O4. The predicted octanol–water partition coefficient (Wildman–Crippen LogP) is 5.91. The molecule has 7 rings (SSSR count). The fraction of sp³-hybridized carbons (Fsp3) is 0.129. The SMILES string of the molecule is O=C(c1ccco1)C1C(C(=O)c2ccc(Cl)cc2)C2(C(=O)Nc3ccccc32)C2c3ccccc3C=CN12. The van der Waals surface area contributed by atoms with E-state index in [-0.39, 0.29) is 23.2 Å². The van der Waals surface area contributed by atoms with E-state index in [1.165, 1.54) is 6.26 Å². The summed E-state index contributed by atoms with van der Waals surface area (Å²) >= 11 is 6.13. The molecule has 1 amide bonds. The van der Waals surface area contributed by atoms with Gasteiger partial charge >= 0.3 is 0 Å². The van der Waals surface area contributed by atoms with E-state index in [0.717, 1.165) is 11.1 Å². The average molecular weight is 521 g/mol. The summed E-state index contributed by atoms with van der Waals surface area (Å²) < 4.78 is 5.52. The van der Waals surface area contributed by atoms with E-state index in [2.05, 4.69) is 5.32 Å². The highest BCUT2D eigenvalue weighted by molar-refractivity contribution is 6.30. The van der Waals surface area contributed by atoms with Gasteiger partial charge in [0.2, 0.25) is 11.7 Å². The van der Waals surface area contributed by atoms with E-state index >= 15 is 0 Å². The van der Waals surface area contributed by atoms with Crippen LogP contribution >= 0.6 is 11.6 Å². The van der Waals surface area contributed by atoms with Crippen molar-refractivity contribution in [2.24, 2.45) is 5.92 Å². The van der Waals surface area contributed by atoms with Gasteiger partial charge in [0.05, 0.1) is 18.2 Å². The first-order valence-electron chi connectivity index (χ1n) is 12.3. The van der Waals surface area contributed by atoms with E-state index in [0.29, 0.717) is 21.8 Å². The largest absolute Gasteiger partial charge is 0.461 e. The topological polar surface area (TPSA) is 79.6 Å². The van der Waals surface area contributed by atoms with Gasteiger partial charge in [-0.05, 0) is 65.2 Å². The van der Waals surface area contributed by atoms with Crippen LogP contribution in [0.15, 0.2) is 102 Å². The van der Waals surface area contributed by atoms with Crippen molar-refractivity contribution >= 4 is 40.8 Å². The van der Waals surface area contributed by atoms with Gasteiger partial charge in [0.15, 0.2) is 11.5 Å². The summed E-state index contributed by atoms with van der Waals surface area (Å²) in [6.07, 6.45) is 5.20. The number of hydrogen-bond donors (Lipinski definition) is 1. The Bertz CT molecular complexity index is 1640. The summed E-state index contributed by atoms with van der Waals surface area (Å²) in [7, 11) is 0. The number of Topliss-reactive ketones (excluding diaryl/α,β-unsaturated/α-hetero) is 2. The number of nitrogens with zero attached hydrogens (tertiary/aromatic N) is 1. The summed E-state index contributed by atoms with van der Waals surface area (Å²) in [4.78, 5) is 44.9. The molecule has 4 unspecified atom stereocenters. The quantitative estimate of drug-likeness (QED) is 0.338. The standard InChI is InChI=1S/C31H21ClN2O4/c32-20-13-11-19(12-14-20)27(35)25-26(28(36)24-10-5-17-38-24)34-16-15-18-6-1-2-7-21(18)29(34)31(25)22-8-3-4-9-23(22)33-30(31)37/h1-17,25-26,29H,(H,33,37). The molecule has 1 spiro atoms. The first-order chi connectivity index (χ1) is 18.5. The number of ketones is 2. The van der Waals surface area contributed by atoms with Gasteiger partial charge in [0, 0.05) is 22.5 Å². The van der Waals surface area contributed by atoms with E-state index in [1.807, 2.05) is 65.7 Å². The van der Waals surface area contributed by atoms with Crippen LogP contribution in [0.4, 0.5) is 5.69 Å². The van der Waals surface area contributed by atoms with Gasteiger partial charge in [0.1, 0.15) is 11.5 Å². The second-order valence-corrected chi connectivity index (χ2v) is 10.2. The number of anilines is 1. The maximum absolute atomic E-state index is 14.6. The van der Waals surface area contributed by atoms with E-state index in [4.69, 9.17) is 16.0 Å². The molecule has 4 atom stereocenters. The molecule has 7 heteroatoms. The Morgan fingerprint density at radius 1 is 0.895 bits per heavy atom. The van der Waals surface area contributed by atoms with Gasteiger partial charge in [-0.25, -0.2) is 0 Å². The number of halogens is 1. The number of benzene rings is 3. The third-order valence-electron chi connectivity index (χ3n) is 8.01. The Balaban J connectivity index is 1.55. The number of fused-ring (bicyclic) bond motifs is 6. The lowest BCUT2D eigenvalue weighted by atomic mass is 9.62. The van der Waals surface area contributed by atoms with Crippen molar-refractivity contribution in [2.75, 3.05) is 5.32 Å². The van der Waals surface area contributed by atoms with E-state index in [9.17, 15) is 14.4 Å². The molecule has 1 fully saturated rings. The number of nitrogens with one attached hydrogen (secondary N) is 1. The fourth-order valence-corrected chi connectivity index (χ4v) is 6.65. The molecule has 0 bridgehead atoms. The van der Waals surface area contributed by atoms with Crippen LogP contribution in [0.1, 0.15) is 43.6 Å². The molecule has 38 heavy (non-hydrogen) atoms. The zero-order valence-corrected chi connectivity index (χ0v) is 20.8. The molecule has 3 aliphatic rings. The first kappa shape index (κ1) is 22.8. The van der Waals surface area contributed by atoms with Crippen molar-refractivity contribution < 1.29 is 18.8 Å². The molecule has 4 aromatic rings. The molecule has 1 saturated heterocycles. The van der Waals surface area contributed by atoms with Gasteiger partial charge in [-0.3, -0.25) is 14.4 Å². The predicted molar refractivity (Wildman–Crippen MR) is 143 cm³/mol. The summed E-state index contributed by atoms with van der Waals surface area (Å²) in [6, 6.07) is 23.5. The molecule has 1 N–H and O–H groups in total. The second kappa shape index (κ2) is 8.30. The summed E-state index contributed by atoms with van der Waals surface area (Å²) in [6.45, 7) is 0. The van der Waals surface area contributed by atoms with Crippen LogP contribution in [0, 0.1) is 5.92 Å². The molecule has 1 aromatic heterocycles. The number of hydrogen-bond acceptors (Lipinski definition) is 5. The Morgan fingerprint density at radius 3 is 2.45 bits per heavy atom. The number of para-hydroxylation sites is 1. The van der Waals surface area contributed by atoms with Crippen LogP contribution in [0.3, 0.4) is 0 Å². The molecule has 3 aromatic carbocycles. The molecule has 186 valence electrons. The molecular weight excluding hydrogens is 500 g/mol. The van der Waals surface area contributed by atoms with Gasteiger partial charge in [-0.2, -0.15) is 0 Å². The average Bonchev–Trinajstić information content (AvgIpc) is 3.65. The zero-order chi connectivity index (χ0) is 26.0. The number of amides is 1. The van der Waals surface area contributed by atoms with E-state index < -0.39 is 23.4 Å². The first-order valence-corrected chi connectivity index (χ1v) is 12.7. The number of carbonyl (C=O) groups excluding carboxylic acids is 3. The van der Waals surface area contributed by atoms with Crippen molar-refractivity contribution in [3.05, 3.63) is 130 Å². The Labute approximate surface area is 223 Å². The summed E-state index contributed by atoms with van der Waals surface area (Å²) in [5, 5.41) is 3.53. The fourth-order valence-electron chi connectivity index (χ4n) is 6.53. The summed E-state index contributed by atoms with van der Waals surface area (Å²) in [5.41, 5.74) is 2.17. The van der Waals surface area contributed by atoms with Crippen molar-refractivity contribution in [3.63, 3.8) is 0 Å². The minimum absolute atomic E-state index is 0.138. The van der Waals surface area contributed by atoms with Crippen LogP contribution in [0.5, 0.6) is 0 Å². The van der Waals surface area contributed by atoms with Gasteiger partial charge in [-0.1, -0.05) is 54.1 Å². The zero-order valence-electron chi connectivity index (χ0n) is 20.0. The lowest BCUT2D eigenvalue weighted by Gasteiger charge is -2.38. The monoisotopic (exact) mass is 520 g/mol. The molecule has 3 aliphatic heterocycles. The maximum Gasteiger partial charge on any atom is 0.238 e. The summed E-state index contributed by atoms with van der Waals surface area (Å²) in [5.74, 6) is -1.88. The van der Waals surface area contributed by atoms with Crippen molar-refractivity contribution in [3.8, 4) is 0 Å². The van der Waals surface area contributed by atoms with Crippen LogP contribution in [0.2, 0.25) is 5.02 Å². The van der Waals surface area contributed by atoms with Crippen LogP contribution in [0.25, 0.3) is 6.08 Å². The maximum atomic E-state index is 14.6. The normalized spacial score (nSPS) is 24.6. The third kappa shape index (κ3) is 2.98. The van der Waals surface area contributed by atoms with Gasteiger partial charge in [-0.15, -0.1) is 0 Å². The Hall–Kier alpha value is -4.42. The highest BCUT2D eigenvalue weighted by Crippen LogP contribution is 2.62. The number of furan rings is 1. The minimum atomic E-state index is -1.37. The number of carbonyl (C=O) groups is 3. The van der Waals surface area contributed by atoms with Gasteiger partial charge in [0.25, 0.3) is 0 Å². The van der Waals surface area contributed by atoms with Crippen LogP contribution in [-0.4, -0.2) is 28.4 Å². The van der Waals surface area contributed by atoms with Crippen molar-refractivity contribution in [1.29, 1.82) is 0 Å². The molecule has 0 saturated carbocycles. The van der Waals surface area contributed by atoms with Crippen LogP contribution < -0.4 is 5.32 Å². The molecule has 6 nitrogen and oxygen atoms in total. The molecule has 0 aliphatic carbocycles. The minimum Gasteiger partial charge on any atom is -0.461 e. The lowest BCUT2D eigenvalue weighted by Crippen LogP contribution is -2.49.